The topological polar surface area (TPSA) is 51.7 Å². The van der Waals surface area contributed by atoms with E-state index in [9.17, 15) is 4.79 Å². The first-order chi connectivity index (χ1) is 11.6. The maximum atomic E-state index is 12.2. The van der Waals surface area contributed by atoms with Crippen LogP contribution < -0.4 is 9.47 Å². The highest BCUT2D eigenvalue weighted by Gasteiger charge is 2.09. The van der Waals surface area contributed by atoms with E-state index in [-0.39, 0.29) is 5.91 Å². The fourth-order valence-electron chi connectivity index (χ4n) is 2.23. The van der Waals surface area contributed by atoms with Gasteiger partial charge in [0, 0.05) is 38.1 Å². The summed E-state index contributed by atoms with van der Waals surface area (Å²) >= 11 is 0. The number of carbonyl (C=O) groups is 1. The molecule has 2 aromatic rings. The molecule has 24 heavy (non-hydrogen) atoms. The van der Waals surface area contributed by atoms with Crippen LogP contribution in [0.2, 0.25) is 0 Å². The highest BCUT2D eigenvalue weighted by Crippen LogP contribution is 2.25. The molecule has 1 aromatic carbocycles. The van der Waals surface area contributed by atoms with Crippen LogP contribution in [0.25, 0.3) is 6.08 Å². The normalized spacial score (nSPS) is 10.6. The minimum absolute atomic E-state index is 0.0497. The van der Waals surface area contributed by atoms with Crippen LogP contribution in [0.3, 0.4) is 0 Å². The van der Waals surface area contributed by atoms with Gasteiger partial charge < -0.3 is 14.4 Å². The van der Waals surface area contributed by atoms with Crippen molar-refractivity contribution in [1.82, 2.24) is 9.88 Å². The lowest BCUT2D eigenvalue weighted by atomic mass is 10.1. The van der Waals surface area contributed by atoms with Crippen molar-refractivity contribution >= 4 is 12.0 Å². The molecule has 1 heterocycles. The maximum Gasteiger partial charge on any atom is 0.246 e. The van der Waals surface area contributed by atoms with E-state index in [1.54, 1.807) is 50.7 Å². The van der Waals surface area contributed by atoms with Crippen LogP contribution in [-0.2, 0) is 11.2 Å². The molecule has 0 fully saturated rings. The molecular formula is C19H22N2O3. The number of rotatable bonds is 7. The molecule has 0 aliphatic heterocycles. The fourth-order valence-corrected chi connectivity index (χ4v) is 2.23. The number of pyridine rings is 1. The summed E-state index contributed by atoms with van der Waals surface area (Å²) in [5.74, 6) is 1.46. The third-order valence-electron chi connectivity index (χ3n) is 3.69. The predicted octanol–water partition coefficient (Wildman–Crippen LogP) is 2.81. The summed E-state index contributed by atoms with van der Waals surface area (Å²) in [5, 5.41) is 0. The van der Waals surface area contributed by atoms with Gasteiger partial charge in [0.25, 0.3) is 0 Å². The van der Waals surface area contributed by atoms with E-state index in [0.717, 1.165) is 22.6 Å². The Morgan fingerprint density at radius 1 is 1.25 bits per heavy atom. The summed E-state index contributed by atoms with van der Waals surface area (Å²) in [7, 11) is 5.03. The van der Waals surface area contributed by atoms with Crippen LogP contribution in [0.15, 0.2) is 48.8 Å². The van der Waals surface area contributed by atoms with Crippen LogP contribution in [0, 0.1) is 0 Å². The van der Waals surface area contributed by atoms with Gasteiger partial charge in [0.05, 0.1) is 14.2 Å². The van der Waals surface area contributed by atoms with Crippen molar-refractivity contribution < 1.29 is 14.3 Å². The standard InChI is InChI=1S/C19H22N2O3/c1-21(19(22)9-6-15-5-4-11-20-14-15)12-10-16-7-8-17(23-2)13-18(16)24-3/h4-9,11,13-14H,10,12H2,1-3H3. The number of methoxy groups -OCH3 is 2. The Labute approximate surface area is 142 Å². The average molecular weight is 326 g/mol. The van der Waals surface area contributed by atoms with E-state index >= 15 is 0 Å². The van der Waals surface area contributed by atoms with Crippen LogP contribution in [0.4, 0.5) is 0 Å². The molecule has 0 spiro atoms. The third kappa shape index (κ3) is 4.84. The lowest BCUT2D eigenvalue weighted by Gasteiger charge is -2.16. The monoisotopic (exact) mass is 326 g/mol. The summed E-state index contributed by atoms with van der Waals surface area (Å²) in [6.45, 7) is 0.596. The summed E-state index contributed by atoms with van der Waals surface area (Å²) < 4.78 is 10.6. The molecule has 2 rings (SSSR count). The number of ether oxygens (including phenoxy) is 2. The Morgan fingerprint density at radius 2 is 2.08 bits per heavy atom. The maximum absolute atomic E-state index is 12.2. The van der Waals surface area contributed by atoms with Crippen molar-refractivity contribution in [1.29, 1.82) is 0 Å². The van der Waals surface area contributed by atoms with Gasteiger partial charge >= 0.3 is 0 Å². The Balaban J connectivity index is 1.94. The highest BCUT2D eigenvalue weighted by molar-refractivity contribution is 5.91. The van der Waals surface area contributed by atoms with Crippen molar-refractivity contribution in [2.45, 2.75) is 6.42 Å². The second-order valence-corrected chi connectivity index (χ2v) is 5.31. The first-order valence-electron chi connectivity index (χ1n) is 7.68. The predicted molar refractivity (Wildman–Crippen MR) is 94.2 cm³/mol. The van der Waals surface area contributed by atoms with Gasteiger partial charge in [-0.1, -0.05) is 12.1 Å². The molecule has 0 saturated carbocycles. The molecule has 0 N–H and O–H groups in total. The van der Waals surface area contributed by atoms with Gasteiger partial charge in [-0.15, -0.1) is 0 Å². The molecule has 5 heteroatoms. The molecule has 0 bridgehead atoms. The quantitative estimate of drug-likeness (QED) is 0.734. The first kappa shape index (κ1) is 17.5. The Kier molecular flexibility index (Phi) is 6.37. The van der Waals surface area contributed by atoms with E-state index in [2.05, 4.69) is 4.98 Å². The molecule has 0 aliphatic rings. The van der Waals surface area contributed by atoms with Crippen LogP contribution >= 0.6 is 0 Å². The second kappa shape index (κ2) is 8.72. The summed E-state index contributed by atoms with van der Waals surface area (Å²) in [6, 6.07) is 9.44. The number of carbonyl (C=O) groups excluding carboxylic acids is 1. The minimum Gasteiger partial charge on any atom is -0.497 e. The van der Waals surface area contributed by atoms with E-state index in [0.29, 0.717) is 13.0 Å². The number of amides is 1. The molecule has 1 aromatic heterocycles. The van der Waals surface area contributed by atoms with E-state index in [1.807, 2.05) is 30.3 Å². The minimum atomic E-state index is -0.0497. The molecule has 5 nitrogen and oxygen atoms in total. The molecule has 0 saturated heterocycles. The van der Waals surface area contributed by atoms with E-state index in [1.165, 1.54) is 0 Å². The first-order valence-corrected chi connectivity index (χ1v) is 7.68. The SMILES string of the molecule is COc1ccc(CCN(C)C(=O)C=Cc2cccnc2)c(OC)c1. The third-order valence-corrected chi connectivity index (χ3v) is 3.69. The van der Waals surface area contributed by atoms with Crippen molar-refractivity contribution in [2.75, 3.05) is 27.8 Å². The lowest BCUT2D eigenvalue weighted by molar-refractivity contribution is -0.124. The Hall–Kier alpha value is -2.82. The zero-order valence-corrected chi connectivity index (χ0v) is 14.2. The molecule has 0 aliphatic carbocycles. The molecule has 126 valence electrons. The number of hydrogen-bond acceptors (Lipinski definition) is 4. The van der Waals surface area contributed by atoms with E-state index < -0.39 is 0 Å². The lowest BCUT2D eigenvalue weighted by Crippen LogP contribution is -2.27. The number of nitrogens with zero attached hydrogens (tertiary/aromatic N) is 2. The fraction of sp³-hybridized carbons (Fsp3) is 0.263. The smallest absolute Gasteiger partial charge is 0.246 e. The van der Waals surface area contributed by atoms with Crippen LogP contribution in [-0.4, -0.2) is 43.6 Å². The molecule has 0 unspecified atom stereocenters. The van der Waals surface area contributed by atoms with Gasteiger partial charge in [-0.2, -0.15) is 0 Å². The van der Waals surface area contributed by atoms with Crippen LogP contribution in [0.1, 0.15) is 11.1 Å². The second-order valence-electron chi connectivity index (χ2n) is 5.31. The zero-order chi connectivity index (χ0) is 17.4. The number of hydrogen-bond donors (Lipinski definition) is 0. The molecular weight excluding hydrogens is 304 g/mol. The van der Waals surface area contributed by atoms with E-state index in [4.69, 9.17) is 9.47 Å². The van der Waals surface area contributed by atoms with Gasteiger partial charge in [-0.3, -0.25) is 9.78 Å². The Morgan fingerprint density at radius 3 is 2.75 bits per heavy atom. The molecule has 0 radical (unpaired) electrons. The summed E-state index contributed by atoms with van der Waals surface area (Å²) in [4.78, 5) is 17.9. The van der Waals surface area contributed by atoms with Crippen molar-refractivity contribution in [3.05, 3.63) is 59.9 Å². The van der Waals surface area contributed by atoms with Gasteiger partial charge in [0.15, 0.2) is 0 Å². The number of benzene rings is 1. The van der Waals surface area contributed by atoms with Crippen molar-refractivity contribution in [3.63, 3.8) is 0 Å². The van der Waals surface area contributed by atoms with Gasteiger partial charge in [0.1, 0.15) is 11.5 Å². The number of aromatic nitrogens is 1. The van der Waals surface area contributed by atoms with Crippen molar-refractivity contribution in [2.24, 2.45) is 0 Å². The Bertz CT molecular complexity index is 699. The largest absolute Gasteiger partial charge is 0.497 e. The summed E-state index contributed by atoms with van der Waals surface area (Å²) in [6.07, 6.45) is 7.44. The average Bonchev–Trinajstić information content (AvgIpc) is 2.64. The van der Waals surface area contributed by atoms with Gasteiger partial charge in [0.2, 0.25) is 5.91 Å². The number of likely N-dealkylation sites (N-methyl/N-ethyl adjacent to an activating group) is 1. The van der Waals surface area contributed by atoms with Gasteiger partial charge in [-0.05, 0) is 35.8 Å². The van der Waals surface area contributed by atoms with Crippen molar-refractivity contribution in [3.8, 4) is 11.5 Å². The molecule has 0 atom stereocenters. The highest BCUT2D eigenvalue weighted by atomic mass is 16.5. The molecule has 1 amide bonds. The van der Waals surface area contributed by atoms with Crippen LogP contribution in [0.5, 0.6) is 11.5 Å². The van der Waals surface area contributed by atoms with Gasteiger partial charge in [-0.25, -0.2) is 0 Å². The summed E-state index contributed by atoms with van der Waals surface area (Å²) in [5.41, 5.74) is 1.94. The zero-order valence-electron chi connectivity index (χ0n) is 14.2.